The van der Waals surface area contributed by atoms with Crippen molar-refractivity contribution in [3.05, 3.63) is 29.1 Å². The van der Waals surface area contributed by atoms with Gasteiger partial charge in [0.15, 0.2) is 0 Å². The van der Waals surface area contributed by atoms with E-state index < -0.39 is 0 Å². The summed E-state index contributed by atoms with van der Waals surface area (Å²) >= 11 is 0. The number of nitriles is 1. The number of hydrogen-bond donors (Lipinski definition) is 0. The Bertz CT molecular complexity index is 408. The van der Waals surface area contributed by atoms with Gasteiger partial charge in [-0.3, -0.25) is 9.78 Å². The van der Waals surface area contributed by atoms with Crippen LogP contribution in [0.4, 0.5) is 0 Å². The monoisotopic (exact) mass is 204 g/mol. The molecule has 0 aliphatic carbocycles. The van der Waals surface area contributed by atoms with Crippen molar-refractivity contribution in [3.63, 3.8) is 0 Å². The third-order valence-electron chi connectivity index (χ3n) is 1.77. The Labute approximate surface area is 88.5 Å². The first-order valence-electron chi connectivity index (χ1n) is 4.69. The lowest BCUT2D eigenvalue weighted by Gasteiger charge is -2.02. The van der Waals surface area contributed by atoms with Crippen molar-refractivity contribution in [2.45, 2.75) is 20.3 Å². The van der Waals surface area contributed by atoms with E-state index in [9.17, 15) is 4.79 Å². The molecule has 4 nitrogen and oxygen atoms in total. The molecule has 1 heterocycles. The molecule has 15 heavy (non-hydrogen) atoms. The Kier molecular flexibility index (Phi) is 3.81. The predicted molar refractivity (Wildman–Crippen MR) is 54.0 cm³/mol. The third-order valence-corrected chi connectivity index (χ3v) is 1.77. The highest BCUT2D eigenvalue weighted by Gasteiger charge is 2.06. The zero-order chi connectivity index (χ0) is 11.3. The number of aromatic nitrogens is 1. The van der Waals surface area contributed by atoms with Gasteiger partial charge in [-0.2, -0.15) is 5.26 Å². The second-order valence-corrected chi connectivity index (χ2v) is 3.08. The molecule has 0 atom stereocenters. The zero-order valence-electron chi connectivity index (χ0n) is 8.78. The van der Waals surface area contributed by atoms with E-state index in [1.807, 2.05) is 6.07 Å². The minimum absolute atomic E-state index is 0.115. The van der Waals surface area contributed by atoms with Crippen molar-refractivity contribution in [2.24, 2.45) is 0 Å². The summed E-state index contributed by atoms with van der Waals surface area (Å²) in [5.74, 6) is -0.320. The number of esters is 1. The van der Waals surface area contributed by atoms with Crippen LogP contribution < -0.4 is 0 Å². The average Bonchev–Trinajstić information content (AvgIpc) is 2.17. The summed E-state index contributed by atoms with van der Waals surface area (Å²) in [6.07, 6.45) is 0.115. The fraction of sp³-hybridized carbons (Fsp3) is 0.364. The van der Waals surface area contributed by atoms with Crippen LogP contribution in [0.3, 0.4) is 0 Å². The standard InChI is InChI=1S/C11H12N2O2/c1-3-15-11(14)6-10-5-9(7-12)4-8(2)13-10/h4-5H,3,6H2,1-2H3. The number of nitrogens with zero attached hydrogens (tertiary/aromatic N) is 2. The molecule has 0 N–H and O–H groups in total. The summed E-state index contributed by atoms with van der Waals surface area (Å²) < 4.78 is 4.80. The maximum absolute atomic E-state index is 11.2. The number of hydrogen-bond acceptors (Lipinski definition) is 4. The van der Waals surface area contributed by atoms with Crippen LogP contribution >= 0.6 is 0 Å². The molecule has 0 unspecified atom stereocenters. The van der Waals surface area contributed by atoms with E-state index in [0.717, 1.165) is 5.69 Å². The van der Waals surface area contributed by atoms with E-state index in [0.29, 0.717) is 17.9 Å². The van der Waals surface area contributed by atoms with Gasteiger partial charge in [-0.25, -0.2) is 0 Å². The van der Waals surface area contributed by atoms with E-state index >= 15 is 0 Å². The number of carbonyl (C=O) groups excluding carboxylic acids is 1. The maximum atomic E-state index is 11.2. The molecule has 4 heteroatoms. The zero-order valence-corrected chi connectivity index (χ0v) is 8.78. The summed E-state index contributed by atoms with van der Waals surface area (Å²) in [7, 11) is 0. The van der Waals surface area contributed by atoms with Gasteiger partial charge in [0, 0.05) is 5.69 Å². The summed E-state index contributed by atoms with van der Waals surface area (Å²) in [6, 6.07) is 5.30. The summed E-state index contributed by atoms with van der Waals surface area (Å²) in [5, 5.41) is 8.73. The first kappa shape index (κ1) is 11.2. The highest BCUT2D eigenvalue weighted by molar-refractivity contribution is 5.72. The number of rotatable bonds is 3. The van der Waals surface area contributed by atoms with E-state index in [1.54, 1.807) is 26.0 Å². The van der Waals surface area contributed by atoms with Gasteiger partial charge in [0.05, 0.1) is 30.4 Å². The van der Waals surface area contributed by atoms with Crippen LogP contribution in [0.5, 0.6) is 0 Å². The molecule has 1 rings (SSSR count). The third kappa shape index (κ3) is 3.39. The Morgan fingerprint density at radius 2 is 2.33 bits per heavy atom. The summed E-state index contributed by atoms with van der Waals surface area (Å²) in [5.41, 5.74) is 1.82. The lowest BCUT2D eigenvalue weighted by molar-refractivity contribution is -0.142. The van der Waals surface area contributed by atoms with Crippen LogP contribution in [0.1, 0.15) is 23.9 Å². The van der Waals surface area contributed by atoms with Crippen LogP contribution in [0.25, 0.3) is 0 Å². The molecule has 0 saturated carbocycles. The molecule has 0 amide bonds. The maximum Gasteiger partial charge on any atom is 0.311 e. The fourth-order valence-corrected chi connectivity index (χ4v) is 1.25. The lowest BCUT2D eigenvalue weighted by Crippen LogP contribution is -2.09. The smallest absolute Gasteiger partial charge is 0.311 e. The number of aryl methyl sites for hydroxylation is 1. The van der Waals surface area contributed by atoms with Crippen LogP contribution in [-0.2, 0) is 16.0 Å². The van der Waals surface area contributed by atoms with E-state index in [2.05, 4.69) is 4.98 Å². The highest BCUT2D eigenvalue weighted by Crippen LogP contribution is 2.05. The molecule has 0 aromatic carbocycles. The van der Waals surface area contributed by atoms with Crippen molar-refractivity contribution in [1.29, 1.82) is 5.26 Å². The molecule has 78 valence electrons. The molecule has 0 aliphatic rings. The predicted octanol–water partition coefficient (Wildman–Crippen LogP) is 1.37. The molecular formula is C11H12N2O2. The lowest BCUT2D eigenvalue weighted by atomic mass is 10.2. The van der Waals surface area contributed by atoms with Gasteiger partial charge < -0.3 is 4.74 Å². The van der Waals surface area contributed by atoms with Crippen LogP contribution in [-0.4, -0.2) is 17.6 Å². The van der Waals surface area contributed by atoms with Crippen molar-refractivity contribution >= 4 is 5.97 Å². The second kappa shape index (κ2) is 5.11. The highest BCUT2D eigenvalue weighted by atomic mass is 16.5. The number of pyridine rings is 1. The fourth-order valence-electron chi connectivity index (χ4n) is 1.25. The Morgan fingerprint density at radius 1 is 1.60 bits per heavy atom. The molecule has 0 bridgehead atoms. The molecular weight excluding hydrogens is 192 g/mol. The van der Waals surface area contributed by atoms with Gasteiger partial charge in [0.1, 0.15) is 0 Å². The average molecular weight is 204 g/mol. The summed E-state index contributed by atoms with van der Waals surface area (Å²) in [6.45, 7) is 3.90. The topological polar surface area (TPSA) is 63.0 Å². The number of ether oxygens (including phenoxy) is 1. The van der Waals surface area contributed by atoms with Gasteiger partial charge in [0.25, 0.3) is 0 Å². The van der Waals surface area contributed by atoms with Gasteiger partial charge in [0.2, 0.25) is 0 Å². The largest absolute Gasteiger partial charge is 0.466 e. The molecule has 1 aromatic heterocycles. The quantitative estimate of drug-likeness (QED) is 0.697. The van der Waals surface area contributed by atoms with Crippen molar-refractivity contribution < 1.29 is 9.53 Å². The molecule has 0 radical (unpaired) electrons. The van der Waals surface area contributed by atoms with Crippen molar-refractivity contribution in [3.8, 4) is 6.07 Å². The SMILES string of the molecule is CCOC(=O)Cc1cc(C#N)cc(C)n1. The van der Waals surface area contributed by atoms with E-state index in [-0.39, 0.29) is 12.4 Å². The van der Waals surface area contributed by atoms with Crippen molar-refractivity contribution in [2.75, 3.05) is 6.61 Å². The molecule has 0 aliphatic heterocycles. The first-order valence-corrected chi connectivity index (χ1v) is 4.69. The van der Waals surface area contributed by atoms with Gasteiger partial charge in [-0.15, -0.1) is 0 Å². The Balaban J connectivity index is 2.82. The van der Waals surface area contributed by atoms with Gasteiger partial charge >= 0.3 is 5.97 Å². The van der Waals surface area contributed by atoms with E-state index in [1.165, 1.54) is 0 Å². The van der Waals surface area contributed by atoms with Crippen LogP contribution in [0, 0.1) is 18.3 Å². The van der Waals surface area contributed by atoms with Crippen molar-refractivity contribution in [1.82, 2.24) is 4.98 Å². The molecule has 0 fully saturated rings. The minimum atomic E-state index is -0.320. The number of carbonyl (C=O) groups is 1. The Morgan fingerprint density at radius 3 is 2.93 bits per heavy atom. The van der Waals surface area contributed by atoms with Crippen LogP contribution in [0.15, 0.2) is 12.1 Å². The minimum Gasteiger partial charge on any atom is -0.466 e. The molecule has 0 saturated heterocycles. The summed E-state index contributed by atoms with van der Waals surface area (Å²) in [4.78, 5) is 15.3. The molecule has 1 aromatic rings. The first-order chi connectivity index (χ1) is 7.15. The second-order valence-electron chi connectivity index (χ2n) is 3.08. The van der Waals surface area contributed by atoms with Gasteiger partial charge in [-0.1, -0.05) is 0 Å². The normalized spacial score (nSPS) is 9.40. The Hall–Kier alpha value is -1.89. The molecule has 0 spiro atoms. The van der Waals surface area contributed by atoms with Gasteiger partial charge in [-0.05, 0) is 26.0 Å². The van der Waals surface area contributed by atoms with Crippen LogP contribution in [0.2, 0.25) is 0 Å². The van der Waals surface area contributed by atoms with E-state index in [4.69, 9.17) is 10.00 Å².